The van der Waals surface area contributed by atoms with Gasteiger partial charge in [0, 0.05) is 10.7 Å². The van der Waals surface area contributed by atoms with Crippen molar-refractivity contribution < 1.29 is 13.2 Å². The van der Waals surface area contributed by atoms with Crippen LogP contribution in [-0.4, -0.2) is 30.1 Å². The third-order valence-electron chi connectivity index (χ3n) is 2.39. The fourth-order valence-electron chi connectivity index (χ4n) is 1.66. The van der Waals surface area contributed by atoms with E-state index in [0.29, 0.717) is 5.65 Å². The van der Waals surface area contributed by atoms with Gasteiger partial charge in [0.1, 0.15) is 0 Å². The summed E-state index contributed by atoms with van der Waals surface area (Å²) >= 11 is 0. The number of rotatable bonds is 4. The minimum Gasteiger partial charge on any atom is -0.479 e. The lowest BCUT2D eigenvalue weighted by Gasteiger charge is -2.01. The Balaban J connectivity index is 2.75. The lowest BCUT2D eigenvalue weighted by Crippen LogP contribution is -2.04. The van der Waals surface area contributed by atoms with E-state index in [9.17, 15) is 8.42 Å². The van der Waals surface area contributed by atoms with E-state index < -0.39 is 9.05 Å². The van der Waals surface area contributed by atoms with Gasteiger partial charge in [-0.3, -0.25) is 0 Å². The first-order valence-corrected chi connectivity index (χ1v) is 7.65. The normalized spacial score (nSPS) is 11.9. The number of hydrogen-bond donors (Lipinski definition) is 0. The highest BCUT2D eigenvalue weighted by atomic mass is 35.7. The molecule has 0 aliphatic rings. The molecule has 18 heavy (non-hydrogen) atoms. The zero-order valence-corrected chi connectivity index (χ0v) is 11.5. The van der Waals surface area contributed by atoms with E-state index in [1.54, 1.807) is 12.1 Å². The van der Waals surface area contributed by atoms with Crippen molar-refractivity contribution in [1.29, 1.82) is 0 Å². The maximum Gasteiger partial charge on any atom is 0.284 e. The lowest BCUT2D eigenvalue weighted by atomic mass is 10.2. The standard InChI is InChI=1S/C10H12ClN3O3S/c1-3-4-7-5-6-8-12-9(17-2)10(14(8)13-7)18(11,15)16/h5-6H,3-4H2,1-2H3. The third kappa shape index (κ3) is 2.28. The van der Waals surface area contributed by atoms with E-state index in [2.05, 4.69) is 10.1 Å². The van der Waals surface area contributed by atoms with Crippen molar-refractivity contribution >= 4 is 25.4 Å². The van der Waals surface area contributed by atoms with E-state index >= 15 is 0 Å². The molecule has 0 radical (unpaired) electrons. The summed E-state index contributed by atoms with van der Waals surface area (Å²) in [5.74, 6) is -0.0499. The summed E-state index contributed by atoms with van der Waals surface area (Å²) in [6.07, 6.45) is 1.66. The topological polar surface area (TPSA) is 73.6 Å². The molecule has 0 atom stereocenters. The minimum atomic E-state index is -3.98. The predicted octanol–water partition coefficient (Wildman–Crippen LogP) is 1.62. The zero-order chi connectivity index (χ0) is 13.3. The Hall–Kier alpha value is -1.34. The van der Waals surface area contributed by atoms with Gasteiger partial charge < -0.3 is 4.74 Å². The molecule has 0 aliphatic carbocycles. The molecule has 0 spiro atoms. The van der Waals surface area contributed by atoms with Crippen LogP contribution in [0.2, 0.25) is 0 Å². The van der Waals surface area contributed by atoms with Crippen LogP contribution in [0.15, 0.2) is 17.2 Å². The number of nitrogens with zero attached hydrogens (tertiary/aromatic N) is 3. The highest BCUT2D eigenvalue weighted by molar-refractivity contribution is 8.13. The summed E-state index contributed by atoms with van der Waals surface area (Å²) < 4.78 is 29.2. The summed E-state index contributed by atoms with van der Waals surface area (Å²) in [6, 6.07) is 3.49. The first kappa shape index (κ1) is 13.1. The Bertz CT molecular complexity index is 681. The van der Waals surface area contributed by atoms with Gasteiger partial charge in [-0.15, -0.1) is 0 Å². The van der Waals surface area contributed by atoms with E-state index in [1.165, 1.54) is 11.6 Å². The van der Waals surface area contributed by atoms with Crippen molar-refractivity contribution in [2.24, 2.45) is 0 Å². The molecule has 0 saturated carbocycles. The molecule has 2 rings (SSSR count). The molecule has 0 N–H and O–H groups in total. The summed E-state index contributed by atoms with van der Waals surface area (Å²) in [5, 5.41) is 3.97. The van der Waals surface area contributed by atoms with Crippen LogP contribution < -0.4 is 4.74 Å². The fourth-order valence-corrected chi connectivity index (χ4v) is 2.73. The average Bonchev–Trinajstić information content (AvgIpc) is 2.66. The minimum absolute atomic E-state index is 0.0499. The van der Waals surface area contributed by atoms with Crippen LogP contribution in [0.3, 0.4) is 0 Å². The SMILES string of the molecule is CCCc1ccc2nc(OC)c(S(=O)(=O)Cl)n2n1. The van der Waals surface area contributed by atoms with Crippen LogP contribution in [0.5, 0.6) is 5.88 Å². The molecule has 0 fully saturated rings. The molecule has 0 aliphatic heterocycles. The van der Waals surface area contributed by atoms with Crippen LogP contribution in [0.4, 0.5) is 0 Å². The van der Waals surface area contributed by atoms with Crippen molar-refractivity contribution in [3.8, 4) is 5.88 Å². The van der Waals surface area contributed by atoms with Gasteiger partial charge in [0.25, 0.3) is 14.9 Å². The Kier molecular flexibility index (Phi) is 3.45. The lowest BCUT2D eigenvalue weighted by molar-refractivity contribution is 0.386. The molecule has 0 bridgehead atoms. The molecular weight excluding hydrogens is 278 g/mol. The van der Waals surface area contributed by atoms with Crippen LogP contribution >= 0.6 is 10.7 Å². The number of halogens is 1. The fraction of sp³-hybridized carbons (Fsp3) is 0.400. The number of imidazole rings is 1. The second-order valence-corrected chi connectivity index (χ2v) is 6.19. The van der Waals surface area contributed by atoms with Gasteiger partial charge in [-0.2, -0.15) is 14.6 Å². The molecule has 0 unspecified atom stereocenters. The summed E-state index contributed by atoms with van der Waals surface area (Å²) in [6.45, 7) is 2.01. The molecule has 0 amide bonds. The highest BCUT2D eigenvalue weighted by Crippen LogP contribution is 2.26. The van der Waals surface area contributed by atoms with E-state index in [0.717, 1.165) is 18.5 Å². The molecule has 2 aromatic heterocycles. The van der Waals surface area contributed by atoms with Gasteiger partial charge in [0.15, 0.2) is 5.65 Å². The van der Waals surface area contributed by atoms with E-state index in [1.807, 2.05) is 6.92 Å². The molecule has 2 aromatic rings. The summed E-state index contributed by atoms with van der Waals surface area (Å²) in [7, 11) is 2.74. The quantitative estimate of drug-likeness (QED) is 0.800. The number of hydrogen-bond acceptors (Lipinski definition) is 5. The molecule has 2 heterocycles. The first-order valence-electron chi connectivity index (χ1n) is 5.34. The molecule has 6 nitrogen and oxygen atoms in total. The van der Waals surface area contributed by atoms with E-state index in [-0.39, 0.29) is 10.9 Å². The largest absolute Gasteiger partial charge is 0.479 e. The van der Waals surface area contributed by atoms with Crippen LogP contribution in [0.1, 0.15) is 19.0 Å². The molecule has 0 aromatic carbocycles. The van der Waals surface area contributed by atoms with E-state index in [4.69, 9.17) is 15.4 Å². The zero-order valence-electron chi connectivity index (χ0n) is 9.92. The molecule has 8 heteroatoms. The Morgan fingerprint density at radius 3 is 2.72 bits per heavy atom. The highest BCUT2D eigenvalue weighted by Gasteiger charge is 2.25. The molecular formula is C10H12ClN3O3S. The maximum atomic E-state index is 11.5. The van der Waals surface area contributed by atoms with Crippen LogP contribution in [-0.2, 0) is 15.5 Å². The van der Waals surface area contributed by atoms with Crippen molar-refractivity contribution in [1.82, 2.24) is 14.6 Å². The van der Waals surface area contributed by atoms with Crippen molar-refractivity contribution in [3.63, 3.8) is 0 Å². The van der Waals surface area contributed by atoms with Crippen molar-refractivity contribution in [2.45, 2.75) is 24.8 Å². The number of fused-ring (bicyclic) bond motifs is 1. The van der Waals surface area contributed by atoms with Gasteiger partial charge >= 0.3 is 0 Å². The smallest absolute Gasteiger partial charge is 0.284 e. The second kappa shape index (κ2) is 4.74. The van der Waals surface area contributed by atoms with Crippen molar-refractivity contribution in [2.75, 3.05) is 7.11 Å². The first-order chi connectivity index (χ1) is 8.47. The Morgan fingerprint density at radius 2 is 2.17 bits per heavy atom. The Morgan fingerprint density at radius 1 is 1.44 bits per heavy atom. The van der Waals surface area contributed by atoms with Gasteiger partial charge in [0.2, 0.25) is 5.03 Å². The van der Waals surface area contributed by atoms with Crippen LogP contribution in [0.25, 0.3) is 5.65 Å². The summed E-state index contributed by atoms with van der Waals surface area (Å²) in [4.78, 5) is 4.01. The van der Waals surface area contributed by atoms with Crippen molar-refractivity contribution in [3.05, 3.63) is 17.8 Å². The third-order valence-corrected chi connectivity index (χ3v) is 3.64. The predicted molar refractivity (Wildman–Crippen MR) is 66.6 cm³/mol. The molecule has 98 valence electrons. The number of methoxy groups -OCH3 is 1. The average molecular weight is 290 g/mol. The number of aryl methyl sites for hydroxylation is 1. The second-order valence-electron chi connectivity index (χ2n) is 3.71. The monoisotopic (exact) mass is 289 g/mol. The van der Waals surface area contributed by atoms with Gasteiger partial charge in [-0.25, -0.2) is 8.42 Å². The summed E-state index contributed by atoms with van der Waals surface area (Å²) in [5.41, 5.74) is 1.15. The van der Waals surface area contributed by atoms with Crippen LogP contribution in [0, 0.1) is 0 Å². The Labute approximate surface area is 109 Å². The molecule has 0 saturated heterocycles. The number of ether oxygens (including phenoxy) is 1. The maximum absolute atomic E-state index is 11.5. The number of aromatic nitrogens is 3. The van der Waals surface area contributed by atoms with Gasteiger partial charge in [0.05, 0.1) is 12.8 Å². The van der Waals surface area contributed by atoms with Gasteiger partial charge in [-0.05, 0) is 18.6 Å². The van der Waals surface area contributed by atoms with Gasteiger partial charge in [-0.1, -0.05) is 13.3 Å².